The number of likely N-dealkylation sites (tertiary alicyclic amines) is 1. The van der Waals surface area contributed by atoms with Crippen molar-refractivity contribution in [1.82, 2.24) is 14.9 Å². The largest absolute Gasteiger partial charge is 0.508 e. The van der Waals surface area contributed by atoms with Gasteiger partial charge in [-0.2, -0.15) is 0 Å². The molecule has 1 aliphatic rings. The van der Waals surface area contributed by atoms with Crippen molar-refractivity contribution < 1.29 is 9.90 Å². The number of benzene rings is 1. The number of piperidine rings is 1. The highest BCUT2D eigenvalue weighted by Gasteiger charge is 2.27. The lowest BCUT2D eigenvalue weighted by molar-refractivity contribution is -0.134. The van der Waals surface area contributed by atoms with Gasteiger partial charge in [0, 0.05) is 29.5 Å². The van der Waals surface area contributed by atoms with Gasteiger partial charge in [0.05, 0.1) is 6.42 Å². The van der Waals surface area contributed by atoms with Gasteiger partial charge in [-0.15, -0.1) is 0 Å². The Kier molecular flexibility index (Phi) is 5.94. The van der Waals surface area contributed by atoms with Crippen molar-refractivity contribution in [1.29, 1.82) is 0 Å². The predicted octanol–water partition coefficient (Wildman–Crippen LogP) is 2.94. The van der Waals surface area contributed by atoms with Crippen LogP contribution < -0.4 is 5.73 Å². The minimum atomic E-state index is 0.143. The van der Waals surface area contributed by atoms with E-state index in [1.165, 1.54) is 5.56 Å². The average Bonchev–Trinajstić information content (AvgIpc) is 2.64. The van der Waals surface area contributed by atoms with Gasteiger partial charge in [0.25, 0.3) is 0 Å². The van der Waals surface area contributed by atoms with Crippen molar-refractivity contribution in [2.45, 2.75) is 58.4 Å². The first-order valence-electron chi connectivity index (χ1n) is 9.61. The van der Waals surface area contributed by atoms with Crippen LogP contribution in [0.1, 0.15) is 48.2 Å². The van der Waals surface area contributed by atoms with Crippen LogP contribution in [0, 0.1) is 13.8 Å². The van der Waals surface area contributed by atoms with Gasteiger partial charge in [-0.25, -0.2) is 9.97 Å². The number of hydrogen-bond donors (Lipinski definition) is 2. The standard InChI is InChI=1S/C21H28N4O2/c1-14-19(15(2)24-21(22)23-14)13-20(27)25-12-4-3-5-17(25)9-6-16-7-10-18(26)11-8-16/h7-8,10-11,17,26H,3-6,9,12-13H2,1-2H3,(H2,22,23,24)/t17-/m0/s1. The number of phenolic OH excluding ortho intramolecular Hbond substituents is 1. The van der Waals surface area contributed by atoms with Crippen molar-refractivity contribution in [3.8, 4) is 5.75 Å². The maximum absolute atomic E-state index is 13.0. The Hall–Kier alpha value is -2.63. The lowest BCUT2D eigenvalue weighted by atomic mass is 9.95. The summed E-state index contributed by atoms with van der Waals surface area (Å²) in [6, 6.07) is 7.58. The SMILES string of the molecule is Cc1nc(N)nc(C)c1CC(=O)N1CCCC[C@H]1CCc1ccc(O)cc1. The summed E-state index contributed by atoms with van der Waals surface area (Å²) in [4.78, 5) is 23.5. The first kappa shape index (κ1) is 19.1. The fourth-order valence-corrected chi connectivity index (χ4v) is 3.90. The quantitative estimate of drug-likeness (QED) is 0.846. The van der Waals surface area contributed by atoms with Crippen LogP contribution in [0.4, 0.5) is 5.95 Å². The highest BCUT2D eigenvalue weighted by molar-refractivity contribution is 5.79. The maximum Gasteiger partial charge on any atom is 0.227 e. The van der Waals surface area contributed by atoms with Crippen molar-refractivity contribution in [3.63, 3.8) is 0 Å². The second-order valence-electron chi connectivity index (χ2n) is 7.35. The molecule has 0 unspecified atom stereocenters. The number of aryl methyl sites for hydroxylation is 3. The Labute approximate surface area is 160 Å². The molecule has 0 radical (unpaired) electrons. The molecule has 1 fully saturated rings. The summed E-state index contributed by atoms with van der Waals surface area (Å²) in [5.41, 5.74) is 9.33. The third-order valence-corrected chi connectivity index (χ3v) is 5.42. The highest BCUT2D eigenvalue weighted by atomic mass is 16.3. The van der Waals surface area contributed by atoms with E-state index in [1.807, 2.05) is 30.9 Å². The van der Waals surface area contributed by atoms with Crippen LogP contribution >= 0.6 is 0 Å². The van der Waals surface area contributed by atoms with Crippen LogP contribution in [0.2, 0.25) is 0 Å². The van der Waals surface area contributed by atoms with E-state index in [0.717, 1.165) is 55.6 Å². The van der Waals surface area contributed by atoms with E-state index in [4.69, 9.17) is 5.73 Å². The summed E-state index contributed by atoms with van der Waals surface area (Å²) in [5, 5.41) is 9.42. The molecule has 1 saturated heterocycles. The number of hydrogen-bond acceptors (Lipinski definition) is 5. The Balaban J connectivity index is 1.67. The predicted molar refractivity (Wildman–Crippen MR) is 105 cm³/mol. The molecule has 1 atom stereocenters. The average molecular weight is 368 g/mol. The molecule has 3 rings (SSSR count). The number of nitrogens with two attached hydrogens (primary N) is 1. The van der Waals surface area contributed by atoms with Crippen molar-refractivity contribution in [2.75, 3.05) is 12.3 Å². The molecule has 6 nitrogen and oxygen atoms in total. The zero-order valence-corrected chi connectivity index (χ0v) is 16.1. The molecular weight excluding hydrogens is 340 g/mol. The zero-order chi connectivity index (χ0) is 19.4. The number of aromatic nitrogens is 2. The normalized spacial score (nSPS) is 17.1. The smallest absolute Gasteiger partial charge is 0.227 e. The molecule has 144 valence electrons. The number of carbonyl (C=O) groups is 1. The van der Waals surface area contributed by atoms with Gasteiger partial charge in [0.2, 0.25) is 11.9 Å². The van der Waals surface area contributed by atoms with E-state index in [1.54, 1.807) is 12.1 Å². The molecule has 2 aromatic rings. The number of aromatic hydroxyl groups is 1. The van der Waals surface area contributed by atoms with E-state index < -0.39 is 0 Å². The number of nitrogen functional groups attached to an aromatic ring is 1. The summed E-state index contributed by atoms with van der Waals surface area (Å²) in [7, 11) is 0. The van der Waals surface area contributed by atoms with Crippen LogP contribution in [-0.2, 0) is 17.6 Å². The molecule has 1 amide bonds. The van der Waals surface area contributed by atoms with E-state index in [0.29, 0.717) is 6.42 Å². The van der Waals surface area contributed by atoms with Gasteiger partial charge in [0.15, 0.2) is 0 Å². The van der Waals surface area contributed by atoms with Gasteiger partial charge in [0.1, 0.15) is 5.75 Å². The summed E-state index contributed by atoms with van der Waals surface area (Å²) in [6.07, 6.45) is 5.42. The third-order valence-electron chi connectivity index (χ3n) is 5.42. The molecule has 1 aromatic heterocycles. The summed E-state index contributed by atoms with van der Waals surface area (Å²) < 4.78 is 0. The van der Waals surface area contributed by atoms with Gasteiger partial charge < -0.3 is 15.7 Å². The van der Waals surface area contributed by atoms with Crippen molar-refractivity contribution in [2.24, 2.45) is 0 Å². The van der Waals surface area contributed by atoms with Gasteiger partial charge in [-0.05, 0) is 63.6 Å². The van der Waals surface area contributed by atoms with Crippen LogP contribution in [0.3, 0.4) is 0 Å². The van der Waals surface area contributed by atoms with Gasteiger partial charge >= 0.3 is 0 Å². The lowest BCUT2D eigenvalue weighted by Gasteiger charge is -2.36. The number of phenols is 1. The van der Waals surface area contributed by atoms with Crippen LogP contribution in [0.25, 0.3) is 0 Å². The lowest BCUT2D eigenvalue weighted by Crippen LogP contribution is -2.44. The van der Waals surface area contributed by atoms with Gasteiger partial charge in [-0.1, -0.05) is 12.1 Å². The summed E-state index contributed by atoms with van der Waals surface area (Å²) >= 11 is 0. The molecule has 0 saturated carbocycles. The van der Waals surface area contributed by atoms with E-state index >= 15 is 0 Å². The molecule has 3 N–H and O–H groups in total. The molecule has 1 aromatic carbocycles. The first-order valence-corrected chi connectivity index (χ1v) is 9.61. The molecule has 1 aliphatic heterocycles. The maximum atomic E-state index is 13.0. The topological polar surface area (TPSA) is 92.3 Å². The number of carbonyl (C=O) groups excluding carboxylic acids is 1. The fourth-order valence-electron chi connectivity index (χ4n) is 3.90. The number of amides is 1. The van der Waals surface area contributed by atoms with Crippen LogP contribution in [0.15, 0.2) is 24.3 Å². The zero-order valence-electron chi connectivity index (χ0n) is 16.1. The second kappa shape index (κ2) is 8.37. The van der Waals surface area contributed by atoms with Crippen molar-refractivity contribution in [3.05, 3.63) is 46.8 Å². The first-order chi connectivity index (χ1) is 12.9. The van der Waals surface area contributed by atoms with Gasteiger partial charge in [-0.3, -0.25) is 4.79 Å². The number of nitrogens with zero attached hydrogens (tertiary/aromatic N) is 3. The highest BCUT2D eigenvalue weighted by Crippen LogP contribution is 2.24. The Morgan fingerprint density at radius 1 is 1.19 bits per heavy atom. The van der Waals surface area contributed by atoms with E-state index in [2.05, 4.69) is 9.97 Å². The van der Waals surface area contributed by atoms with Crippen LogP contribution in [-0.4, -0.2) is 38.5 Å². The Morgan fingerprint density at radius 3 is 2.52 bits per heavy atom. The van der Waals surface area contributed by atoms with E-state index in [-0.39, 0.29) is 23.6 Å². The van der Waals surface area contributed by atoms with Crippen molar-refractivity contribution >= 4 is 11.9 Å². The van der Waals surface area contributed by atoms with Crippen LogP contribution in [0.5, 0.6) is 5.75 Å². The van der Waals surface area contributed by atoms with E-state index in [9.17, 15) is 9.90 Å². The summed E-state index contributed by atoms with van der Waals surface area (Å²) in [5.74, 6) is 0.681. The third kappa shape index (κ3) is 4.76. The Morgan fingerprint density at radius 2 is 1.85 bits per heavy atom. The fraction of sp³-hybridized carbons (Fsp3) is 0.476. The molecule has 2 heterocycles. The molecule has 0 aliphatic carbocycles. The monoisotopic (exact) mass is 368 g/mol. The molecule has 6 heteroatoms. The number of anilines is 1. The minimum absolute atomic E-state index is 0.143. The minimum Gasteiger partial charge on any atom is -0.508 e. The second-order valence-corrected chi connectivity index (χ2v) is 7.35. The molecule has 0 bridgehead atoms. The molecule has 27 heavy (non-hydrogen) atoms. The molecule has 0 spiro atoms. The summed E-state index contributed by atoms with van der Waals surface area (Å²) in [6.45, 7) is 4.57. The Bertz CT molecular complexity index is 781. The number of rotatable bonds is 5. The molecular formula is C21H28N4O2.